The van der Waals surface area contributed by atoms with Crippen LogP contribution in [0.4, 0.5) is 5.69 Å². The number of nitriles is 1. The van der Waals surface area contributed by atoms with E-state index in [1.165, 1.54) is 10.9 Å². The number of halogens is 1. The average molecular weight is 282 g/mol. The Morgan fingerprint density at radius 1 is 1.20 bits per heavy atom. The Morgan fingerprint density at radius 2 is 2.10 bits per heavy atom. The first kappa shape index (κ1) is 12.6. The van der Waals surface area contributed by atoms with Crippen LogP contribution in [-0.4, -0.2) is 4.98 Å². The summed E-state index contributed by atoms with van der Waals surface area (Å²) in [5.41, 5.74) is 3.72. The van der Waals surface area contributed by atoms with Gasteiger partial charge in [0.15, 0.2) is 0 Å². The second-order valence-electron chi connectivity index (χ2n) is 4.52. The number of benzene rings is 2. The molecule has 0 saturated heterocycles. The van der Waals surface area contributed by atoms with Gasteiger partial charge in [-0.1, -0.05) is 29.8 Å². The first-order valence-electron chi connectivity index (χ1n) is 6.26. The topological polar surface area (TPSA) is 51.6 Å². The Bertz CT molecular complexity index is 799. The van der Waals surface area contributed by atoms with Gasteiger partial charge in [0.2, 0.25) is 0 Å². The van der Waals surface area contributed by atoms with E-state index in [0.29, 0.717) is 17.1 Å². The third-order valence-electron chi connectivity index (χ3n) is 3.25. The maximum absolute atomic E-state index is 8.85. The van der Waals surface area contributed by atoms with Crippen molar-refractivity contribution in [3.05, 3.63) is 64.8 Å². The van der Waals surface area contributed by atoms with E-state index in [1.54, 1.807) is 12.1 Å². The highest BCUT2D eigenvalue weighted by Crippen LogP contribution is 2.22. The molecule has 4 heteroatoms. The standard InChI is InChI=1S/C16H12ClN3/c17-15-8-14(5-4-12(15)9-18)20-10-13-3-1-2-11-6-7-19-16(11)13/h1-8,19-20H,10H2. The van der Waals surface area contributed by atoms with Gasteiger partial charge in [-0.05, 0) is 35.2 Å². The largest absolute Gasteiger partial charge is 0.381 e. The molecule has 0 unspecified atom stereocenters. The van der Waals surface area contributed by atoms with E-state index in [9.17, 15) is 0 Å². The summed E-state index contributed by atoms with van der Waals surface area (Å²) in [4.78, 5) is 3.24. The van der Waals surface area contributed by atoms with Crippen LogP contribution in [0.25, 0.3) is 10.9 Å². The number of anilines is 1. The monoisotopic (exact) mass is 281 g/mol. The summed E-state index contributed by atoms with van der Waals surface area (Å²) >= 11 is 6.02. The van der Waals surface area contributed by atoms with Crippen molar-refractivity contribution in [1.29, 1.82) is 5.26 Å². The third-order valence-corrected chi connectivity index (χ3v) is 3.56. The summed E-state index contributed by atoms with van der Waals surface area (Å²) in [6, 6.07) is 15.7. The fourth-order valence-corrected chi connectivity index (χ4v) is 2.43. The number of nitrogens with one attached hydrogen (secondary N) is 2. The van der Waals surface area contributed by atoms with Crippen LogP contribution in [0.15, 0.2) is 48.7 Å². The summed E-state index contributed by atoms with van der Waals surface area (Å²) in [6.07, 6.45) is 1.94. The van der Waals surface area contributed by atoms with E-state index >= 15 is 0 Å². The number of nitrogens with zero attached hydrogens (tertiary/aromatic N) is 1. The molecule has 0 spiro atoms. The minimum atomic E-state index is 0.468. The lowest BCUT2D eigenvalue weighted by Gasteiger charge is -2.08. The van der Waals surface area contributed by atoms with Gasteiger partial charge in [0.05, 0.1) is 16.1 Å². The molecule has 0 aliphatic carbocycles. The second-order valence-corrected chi connectivity index (χ2v) is 4.93. The predicted molar refractivity (Wildman–Crippen MR) is 81.8 cm³/mol. The maximum Gasteiger partial charge on any atom is 0.101 e. The third kappa shape index (κ3) is 2.34. The van der Waals surface area contributed by atoms with Crippen molar-refractivity contribution in [2.45, 2.75) is 6.54 Å². The summed E-state index contributed by atoms with van der Waals surface area (Å²) in [5.74, 6) is 0. The molecule has 0 amide bonds. The van der Waals surface area contributed by atoms with Gasteiger partial charge in [0, 0.05) is 18.4 Å². The molecule has 3 nitrogen and oxygen atoms in total. The number of rotatable bonds is 3. The van der Waals surface area contributed by atoms with Gasteiger partial charge in [-0.3, -0.25) is 0 Å². The van der Waals surface area contributed by atoms with Gasteiger partial charge in [0.25, 0.3) is 0 Å². The van der Waals surface area contributed by atoms with Gasteiger partial charge >= 0.3 is 0 Å². The molecule has 3 rings (SSSR count). The predicted octanol–water partition coefficient (Wildman–Crippen LogP) is 4.31. The van der Waals surface area contributed by atoms with E-state index in [-0.39, 0.29) is 0 Å². The van der Waals surface area contributed by atoms with Crippen LogP contribution in [0.3, 0.4) is 0 Å². The van der Waals surface area contributed by atoms with Crippen LogP contribution < -0.4 is 5.32 Å². The van der Waals surface area contributed by atoms with Crippen molar-refractivity contribution in [1.82, 2.24) is 4.98 Å². The number of aromatic nitrogens is 1. The first-order valence-corrected chi connectivity index (χ1v) is 6.64. The molecule has 1 heterocycles. The van der Waals surface area contributed by atoms with Crippen molar-refractivity contribution in [2.75, 3.05) is 5.32 Å². The van der Waals surface area contributed by atoms with Crippen LogP contribution in [0.5, 0.6) is 0 Å². The van der Waals surface area contributed by atoms with Crippen LogP contribution in [0.2, 0.25) is 5.02 Å². The number of H-pyrrole nitrogens is 1. The Labute approximate surface area is 121 Å². The summed E-state index contributed by atoms with van der Waals surface area (Å²) < 4.78 is 0. The average Bonchev–Trinajstić information content (AvgIpc) is 2.94. The molecule has 0 aliphatic heterocycles. The lowest BCUT2D eigenvalue weighted by molar-refractivity contribution is 1.16. The molecule has 0 atom stereocenters. The van der Waals surface area contributed by atoms with Crippen LogP contribution in [-0.2, 0) is 6.54 Å². The molecular formula is C16H12ClN3. The number of fused-ring (bicyclic) bond motifs is 1. The molecule has 3 aromatic rings. The number of hydrogen-bond donors (Lipinski definition) is 2. The zero-order valence-electron chi connectivity index (χ0n) is 10.7. The SMILES string of the molecule is N#Cc1ccc(NCc2cccc3cc[nH]c23)cc1Cl. The molecule has 1 aromatic heterocycles. The fourth-order valence-electron chi connectivity index (χ4n) is 2.21. The summed E-state index contributed by atoms with van der Waals surface area (Å²) in [7, 11) is 0. The minimum Gasteiger partial charge on any atom is -0.381 e. The molecule has 0 fully saturated rings. The van der Waals surface area contributed by atoms with Crippen molar-refractivity contribution in [3.63, 3.8) is 0 Å². The van der Waals surface area contributed by atoms with E-state index < -0.39 is 0 Å². The molecular weight excluding hydrogens is 270 g/mol. The highest BCUT2D eigenvalue weighted by Gasteiger charge is 2.03. The molecule has 20 heavy (non-hydrogen) atoms. The van der Waals surface area contributed by atoms with Gasteiger partial charge < -0.3 is 10.3 Å². The Kier molecular flexibility index (Phi) is 3.32. The lowest BCUT2D eigenvalue weighted by Crippen LogP contribution is -2.00. The van der Waals surface area contributed by atoms with E-state index in [0.717, 1.165) is 11.2 Å². The van der Waals surface area contributed by atoms with Crippen molar-refractivity contribution in [2.24, 2.45) is 0 Å². The highest BCUT2D eigenvalue weighted by atomic mass is 35.5. The Morgan fingerprint density at radius 3 is 2.90 bits per heavy atom. The highest BCUT2D eigenvalue weighted by molar-refractivity contribution is 6.32. The quantitative estimate of drug-likeness (QED) is 0.752. The normalized spacial score (nSPS) is 10.4. The molecule has 98 valence electrons. The van der Waals surface area contributed by atoms with Gasteiger partial charge in [-0.25, -0.2) is 0 Å². The lowest BCUT2D eigenvalue weighted by atomic mass is 10.1. The molecule has 2 N–H and O–H groups in total. The van der Waals surface area contributed by atoms with Crippen molar-refractivity contribution >= 4 is 28.2 Å². The fraction of sp³-hybridized carbons (Fsp3) is 0.0625. The second kappa shape index (κ2) is 5.28. The van der Waals surface area contributed by atoms with E-state index in [2.05, 4.69) is 34.6 Å². The van der Waals surface area contributed by atoms with Crippen molar-refractivity contribution in [3.8, 4) is 6.07 Å². The summed E-state index contributed by atoms with van der Waals surface area (Å²) in [5, 5.41) is 13.8. The zero-order chi connectivity index (χ0) is 13.9. The summed E-state index contributed by atoms with van der Waals surface area (Å²) in [6.45, 7) is 0.695. The van der Waals surface area contributed by atoms with E-state index in [1.807, 2.05) is 18.3 Å². The number of aromatic amines is 1. The number of para-hydroxylation sites is 1. The smallest absolute Gasteiger partial charge is 0.101 e. The van der Waals surface area contributed by atoms with Gasteiger partial charge in [0.1, 0.15) is 6.07 Å². The molecule has 0 bridgehead atoms. The van der Waals surface area contributed by atoms with Gasteiger partial charge in [-0.2, -0.15) is 5.26 Å². The van der Waals surface area contributed by atoms with Crippen LogP contribution in [0, 0.1) is 11.3 Å². The maximum atomic E-state index is 8.85. The van der Waals surface area contributed by atoms with Crippen LogP contribution >= 0.6 is 11.6 Å². The molecule has 0 saturated carbocycles. The minimum absolute atomic E-state index is 0.468. The first-order chi connectivity index (χ1) is 9.78. The van der Waals surface area contributed by atoms with Gasteiger partial charge in [-0.15, -0.1) is 0 Å². The zero-order valence-corrected chi connectivity index (χ0v) is 11.4. The molecule has 0 radical (unpaired) electrons. The Hall–Kier alpha value is -2.44. The van der Waals surface area contributed by atoms with Crippen molar-refractivity contribution < 1.29 is 0 Å². The van der Waals surface area contributed by atoms with E-state index in [4.69, 9.17) is 16.9 Å². The molecule has 2 aromatic carbocycles. The Balaban J connectivity index is 1.81. The van der Waals surface area contributed by atoms with Crippen LogP contribution in [0.1, 0.15) is 11.1 Å². The molecule has 0 aliphatic rings. The number of hydrogen-bond acceptors (Lipinski definition) is 2.